The van der Waals surface area contributed by atoms with Crippen LogP contribution >= 0.6 is 12.2 Å². The lowest BCUT2D eigenvalue weighted by atomic mass is 10.0. The van der Waals surface area contributed by atoms with Gasteiger partial charge in [-0.05, 0) is 59.9 Å². The smallest absolute Gasteiger partial charge is 0.255 e. The van der Waals surface area contributed by atoms with Crippen molar-refractivity contribution >= 4 is 45.6 Å². The normalized spacial score (nSPS) is 13.6. The number of likely N-dealkylation sites (tertiary alicyclic amines) is 1. The molecule has 0 aromatic heterocycles. The van der Waals surface area contributed by atoms with Gasteiger partial charge in [0.1, 0.15) is 0 Å². The molecule has 31 heavy (non-hydrogen) atoms. The van der Waals surface area contributed by atoms with Gasteiger partial charge >= 0.3 is 0 Å². The van der Waals surface area contributed by atoms with E-state index in [1.807, 2.05) is 59.5 Å². The van der Waals surface area contributed by atoms with Crippen LogP contribution in [0.25, 0.3) is 10.8 Å². The average Bonchev–Trinajstić information content (AvgIpc) is 2.79. The van der Waals surface area contributed by atoms with E-state index in [9.17, 15) is 9.59 Å². The summed E-state index contributed by atoms with van der Waals surface area (Å²) in [6.07, 6.45) is 3.45. The van der Waals surface area contributed by atoms with Crippen LogP contribution in [0.2, 0.25) is 0 Å². The maximum absolute atomic E-state index is 12.9. The molecule has 1 saturated heterocycles. The Morgan fingerprint density at radius 3 is 2.42 bits per heavy atom. The van der Waals surface area contributed by atoms with Crippen LogP contribution in [-0.2, 0) is 11.2 Å². The van der Waals surface area contributed by atoms with E-state index in [0.29, 0.717) is 11.3 Å². The summed E-state index contributed by atoms with van der Waals surface area (Å²) in [6, 6.07) is 21.2. The van der Waals surface area contributed by atoms with Gasteiger partial charge < -0.3 is 15.5 Å². The molecule has 0 saturated carbocycles. The zero-order chi connectivity index (χ0) is 21.6. The number of para-hydroxylation sites is 1. The van der Waals surface area contributed by atoms with Gasteiger partial charge in [0.2, 0.25) is 5.91 Å². The first-order chi connectivity index (χ1) is 15.1. The molecule has 2 amide bonds. The van der Waals surface area contributed by atoms with Crippen molar-refractivity contribution in [2.24, 2.45) is 0 Å². The minimum absolute atomic E-state index is 0.00678. The van der Waals surface area contributed by atoms with Crippen LogP contribution in [0.15, 0.2) is 66.7 Å². The second-order valence-corrected chi connectivity index (χ2v) is 8.12. The SMILES string of the molecule is O=C(Cc1cccc2ccccc12)NC(=S)Nc1ccccc1C(=O)N1CCCCC1. The lowest BCUT2D eigenvalue weighted by Crippen LogP contribution is -2.38. The van der Waals surface area contributed by atoms with E-state index < -0.39 is 0 Å². The third kappa shape index (κ3) is 5.09. The molecular weight excluding hydrogens is 406 g/mol. The molecular formula is C25H25N3O2S. The Balaban J connectivity index is 1.42. The Kier molecular flexibility index (Phi) is 6.57. The molecule has 1 fully saturated rings. The van der Waals surface area contributed by atoms with Crippen molar-refractivity contribution in [1.29, 1.82) is 0 Å². The number of amides is 2. The van der Waals surface area contributed by atoms with Gasteiger partial charge in [-0.1, -0.05) is 54.6 Å². The molecule has 158 valence electrons. The van der Waals surface area contributed by atoms with E-state index in [-0.39, 0.29) is 23.3 Å². The van der Waals surface area contributed by atoms with Crippen molar-refractivity contribution < 1.29 is 9.59 Å². The van der Waals surface area contributed by atoms with E-state index >= 15 is 0 Å². The van der Waals surface area contributed by atoms with E-state index in [1.54, 1.807) is 12.1 Å². The molecule has 5 nitrogen and oxygen atoms in total. The highest BCUT2D eigenvalue weighted by Gasteiger charge is 2.21. The monoisotopic (exact) mass is 431 g/mol. The number of fused-ring (bicyclic) bond motifs is 1. The summed E-state index contributed by atoms with van der Waals surface area (Å²) in [5, 5.41) is 8.11. The Hall–Kier alpha value is -3.25. The Bertz CT molecular complexity index is 1120. The van der Waals surface area contributed by atoms with Gasteiger partial charge in [-0.25, -0.2) is 0 Å². The highest BCUT2D eigenvalue weighted by Crippen LogP contribution is 2.21. The molecule has 0 bridgehead atoms. The molecule has 0 radical (unpaired) electrons. The predicted octanol–water partition coefficient (Wildman–Crippen LogP) is 4.52. The van der Waals surface area contributed by atoms with Crippen LogP contribution in [0.1, 0.15) is 35.2 Å². The first kappa shape index (κ1) is 21.0. The highest BCUT2D eigenvalue weighted by atomic mass is 32.1. The zero-order valence-electron chi connectivity index (χ0n) is 17.3. The predicted molar refractivity (Wildman–Crippen MR) is 128 cm³/mol. The topological polar surface area (TPSA) is 61.4 Å². The second kappa shape index (κ2) is 9.71. The van der Waals surface area contributed by atoms with Crippen molar-refractivity contribution in [2.45, 2.75) is 25.7 Å². The molecule has 6 heteroatoms. The number of anilines is 1. The van der Waals surface area contributed by atoms with Crippen molar-refractivity contribution in [3.63, 3.8) is 0 Å². The Morgan fingerprint density at radius 1 is 0.871 bits per heavy atom. The summed E-state index contributed by atoms with van der Waals surface area (Å²) in [4.78, 5) is 27.4. The number of hydrogen-bond donors (Lipinski definition) is 2. The third-order valence-electron chi connectivity index (χ3n) is 5.53. The molecule has 1 heterocycles. The maximum Gasteiger partial charge on any atom is 0.255 e. The van der Waals surface area contributed by atoms with E-state index in [2.05, 4.69) is 10.6 Å². The minimum Gasteiger partial charge on any atom is -0.339 e. The number of nitrogens with one attached hydrogen (secondary N) is 2. The fraction of sp³-hybridized carbons (Fsp3) is 0.240. The average molecular weight is 432 g/mol. The molecule has 2 N–H and O–H groups in total. The van der Waals surface area contributed by atoms with Gasteiger partial charge in [-0.2, -0.15) is 0 Å². The molecule has 0 unspecified atom stereocenters. The number of carbonyl (C=O) groups is 2. The second-order valence-electron chi connectivity index (χ2n) is 7.72. The number of carbonyl (C=O) groups excluding carboxylic acids is 2. The minimum atomic E-state index is -0.200. The molecule has 1 aliphatic rings. The van der Waals surface area contributed by atoms with Crippen LogP contribution in [0.4, 0.5) is 5.69 Å². The number of rotatable bonds is 4. The molecule has 0 atom stereocenters. The summed E-state index contributed by atoms with van der Waals surface area (Å²) >= 11 is 5.36. The molecule has 3 aromatic rings. The van der Waals surface area contributed by atoms with Crippen LogP contribution in [-0.4, -0.2) is 34.9 Å². The summed E-state index contributed by atoms with van der Waals surface area (Å²) < 4.78 is 0. The summed E-state index contributed by atoms with van der Waals surface area (Å²) in [7, 11) is 0. The van der Waals surface area contributed by atoms with E-state index in [0.717, 1.165) is 48.7 Å². The first-order valence-corrected chi connectivity index (χ1v) is 11.0. The molecule has 0 spiro atoms. The Labute approximate surface area is 187 Å². The lowest BCUT2D eigenvalue weighted by molar-refractivity contribution is -0.119. The lowest BCUT2D eigenvalue weighted by Gasteiger charge is -2.27. The van der Waals surface area contributed by atoms with Gasteiger partial charge in [0.05, 0.1) is 17.7 Å². The fourth-order valence-electron chi connectivity index (χ4n) is 3.99. The van der Waals surface area contributed by atoms with Crippen LogP contribution < -0.4 is 10.6 Å². The van der Waals surface area contributed by atoms with Gasteiger partial charge in [0.15, 0.2) is 5.11 Å². The van der Waals surface area contributed by atoms with E-state index in [4.69, 9.17) is 12.2 Å². The first-order valence-electron chi connectivity index (χ1n) is 10.6. The van der Waals surface area contributed by atoms with Gasteiger partial charge in [0.25, 0.3) is 5.91 Å². The number of benzene rings is 3. The number of nitrogens with zero attached hydrogens (tertiary/aromatic N) is 1. The standard InChI is InChI=1S/C25H25N3O2S/c29-23(17-19-11-8-10-18-9-2-3-12-20(18)19)27-25(31)26-22-14-5-4-13-21(22)24(30)28-15-6-1-7-16-28/h2-5,8-14H,1,6-7,15-17H2,(H2,26,27,29,31). The van der Waals surface area contributed by atoms with Crippen molar-refractivity contribution in [2.75, 3.05) is 18.4 Å². The molecule has 4 rings (SSSR count). The third-order valence-corrected chi connectivity index (χ3v) is 5.74. The van der Waals surface area contributed by atoms with Gasteiger partial charge in [0, 0.05) is 13.1 Å². The maximum atomic E-state index is 12.9. The zero-order valence-corrected chi connectivity index (χ0v) is 18.1. The van der Waals surface area contributed by atoms with Crippen molar-refractivity contribution in [3.05, 3.63) is 77.9 Å². The quantitative estimate of drug-likeness (QED) is 0.596. The van der Waals surface area contributed by atoms with Gasteiger partial charge in [-0.3, -0.25) is 9.59 Å². The molecule has 0 aliphatic carbocycles. The summed E-state index contributed by atoms with van der Waals surface area (Å²) in [5.74, 6) is -0.207. The Morgan fingerprint density at radius 2 is 1.58 bits per heavy atom. The van der Waals surface area contributed by atoms with Crippen LogP contribution in [0, 0.1) is 0 Å². The molecule has 1 aliphatic heterocycles. The van der Waals surface area contributed by atoms with Gasteiger partial charge in [-0.15, -0.1) is 0 Å². The number of piperidine rings is 1. The number of thiocarbonyl (C=S) groups is 1. The van der Waals surface area contributed by atoms with Crippen LogP contribution in [0.3, 0.4) is 0 Å². The van der Waals surface area contributed by atoms with E-state index in [1.165, 1.54) is 0 Å². The summed E-state index contributed by atoms with van der Waals surface area (Å²) in [6.45, 7) is 1.55. The summed E-state index contributed by atoms with van der Waals surface area (Å²) in [5.41, 5.74) is 2.11. The fourth-order valence-corrected chi connectivity index (χ4v) is 4.21. The van der Waals surface area contributed by atoms with Crippen molar-refractivity contribution in [3.8, 4) is 0 Å². The number of hydrogen-bond acceptors (Lipinski definition) is 3. The van der Waals surface area contributed by atoms with Crippen LogP contribution in [0.5, 0.6) is 0 Å². The highest BCUT2D eigenvalue weighted by molar-refractivity contribution is 7.80. The largest absolute Gasteiger partial charge is 0.339 e. The molecule has 3 aromatic carbocycles. The van der Waals surface area contributed by atoms with Crippen molar-refractivity contribution in [1.82, 2.24) is 10.2 Å².